The predicted molar refractivity (Wildman–Crippen MR) is 58.0 cm³/mol. The van der Waals surface area contributed by atoms with Gasteiger partial charge in [-0.15, -0.1) is 6.58 Å². The molecule has 0 aliphatic rings. The van der Waals surface area contributed by atoms with Crippen molar-refractivity contribution in [1.29, 1.82) is 0 Å². The van der Waals surface area contributed by atoms with E-state index in [0.717, 1.165) is 39.1 Å². The van der Waals surface area contributed by atoms with Gasteiger partial charge in [-0.25, -0.2) is 0 Å². The summed E-state index contributed by atoms with van der Waals surface area (Å²) in [6.07, 6.45) is 4.09. The summed E-state index contributed by atoms with van der Waals surface area (Å²) >= 11 is 0. The summed E-state index contributed by atoms with van der Waals surface area (Å²) in [5.41, 5.74) is 0. The Hall–Kier alpha value is -0.340. The summed E-state index contributed by atoms with van der Waals surface area (Å²) < 4.78 is 5.51. The molecule has 0 aromatic rings. The maximum absolute atomic E-state index is 5.51. The van der Waals surface area contributed by atoms with E-state index < -0.39 is 0 Å². The average Bonchev–Trinajstić information content (AvgIpc) is 2.14. The Morgan fingerprint density at radius 1 is 1.54 bits per heavy atom. The molecule has 0 aromatic carbocycles. The zero-order chi connectivity index (χ0) is 9.94. The maximum Gasteiger partial charge on any atom is 0.0503 e. The second-order valence-electron chi connectivity index (χ2n) is 3.42. The van der Waals surface area contributed by atoms with Crippen LogP contribution in [0, 0.1) is 5.92 Å². The SMILES string of the molecule is C=CCCCOCC(C)CNCC. The van der Waals surface area contributed by atoms with Crippen molar-refractivity contribution in [3.8, 4) is 0 Å². The van der Waals surface area contributed by atoms with E-state index >= 15 is 0 Å². The van der Waals surface area contributed by atoms with Gasteiger partial charge in [-0.3, -0.25) is 0 Å². The predicted octanol–water partition coefficient (Wildman–Crippen LogP) is 2.21. The van der Waals surface area contributed by atoms with E-state index in [-0.39, 0.29) is 0 Å². The molecule has 0 radical (unpaired) electrons. The minimum absolute atomic E-state index is 0.615. The zero-order valence-electron chi connectivity index (χ0n) is 9.01. The van der Waals surface area contributed by atoms with Crippen LogP contribution in [0.15, 0.2) is 12.7 Å². The van der Waals surface area contributed by atoms with Crippen LogP contribution < -0.4 is 5.32 Å². The molecule has 0 aliphatic carbocycles. The standard InChI is InChI=1S/C11H23NO/c1-4-6-7-8-13-10-11(3)9-12-5-2/h4,11-12H,1,5-10H2,2-3H3. The first-order valence-electron chi connectivity index (χ1n) is 5.20. The largest absolute Gasteiger partial charge is 0.381 e. The van der Waals surface area contributed by atoms with Gasteiger partial charge in [0.15, 0.2) is 0 Å². The van der Waals surface area contributed by atoms with Crippen LogP contribution in [0.4, 0.5) is 0 Å². The van der Waals surface area contributed by atoms with Crippen molar-refractivity contribution >= 4 is 0 Å². The molecule has 0 heterocycles. The molecule has 0 aromatic heterocycles. The lowest BCUT2D eigenvalue weighted by atomic mass is 10.2. The molecule has 1 atom stereocenters. The number of rotatable bonds is 9. The van der Waals surface area contributed by atoms with Crippen LogP contribution in [0.1, 0.15) is 26.7 Å². The van der Waals surface area contributed by atoms with Crippen LogP contribution in [0.3, 0.4) is 0 Å². The Kier molecular flexibility index (Phi) is 9.49. The molecule has 0 saturated heterocycles. The third-order valence-electron chi connectivity index (χ3n) is 1.84. The van der Waals surface area contributed by atoms with Gasteiger partial charge in [-0.2, -0.15) is 0 Å². The summed E-state index contributed by atoms with van der Waals surface area (Å²) in [5.74, 6) is 0.615. The minimum Gasteiger partial charge on any atom is -0.381 e. The normalized spacial score (nSPS) is 12.8. The first kappa shape index (κ1) is 12.7. The topological polar surface area (TPSA) is 21.3 Å². The first-order chi connectivity index (χ1) is 6.31. The first-order valence-corrected chi connectivity index (χ1v) is 5.20. The number of hydrogen-bond donors (Lipinski definition) is 1. The van der Waals surface area contributed by atoms with Crippen molar-refractivity contribution in [1.82, 2.24) is 5.32 Å². The van der Waals surface area contributed by atoms with E-state index in [2.05, 4.69) is 25.7 Å². The Bertz CT molecular complexity index is 115. The van der Waals surface area contributed by atoms with Gasteiger partial charge in [-0.05, 0) is 31.8 Å². The Morgan fingerprint density at radius 2 is 2.31 bits per heavy atom. The molecule has 2 heteroatoms. The highest BCUT2D eigenvalue weighted by Crippen LogP contribution is 1.96. The van der Waals surface area contributed by atoms with E-state index in [1.54, 1.807) is 0 Å². The Morgan fingerprint density at radius 3 is 2.92 bits per heavy atom. The second kappa shape index (κ2) is 9.75. The number of unbranched alkanes of at least 4 members (excludes halogenated alkanes) is 1. The average molecular weight is 185 g/mol. The van der Waals surface area contributed by atoms with Crippen LogP contribution in [-0.4, -0.2) is 26.3 Å². The smallest absolute Gasteiger partial charge is 0.0503 e. The van der Waals surface area contributed by atoms with E-state index in [4.69, 9.17) is 4.74 Å². The molecule has 78 valence electrons. The van der Waals surface area contributed by atoms with Crippen molar-refractivity contribution in [3.05, 3.63) is 12.7 Å². The molecule has 0 rings (SSSR count). The third-order valence-corrected chi connectivity index (χ3v) is 1.84. The number of allylic oxidation sites excluding steroid dienone is 1. The fraction of sp³-hybridized carbons (Fsp3) is 0.818. The van der Waals surface area contributed by atoms with Crippen LogP contribution in [0.2, 0.25) is 0 Å². The molecular formula is C11H23NO. The van der Waals surface area contributed by atoms with Crippen molar-refractivity contribution in [3.63, 3.8) is 0 Å². The van der Waals surface area contributed by atoms with Gasteiger partial charge in [0.2, 0.25) is 0 Å². The number of nitrogens with one attached hydrogen (secondary N) is 1. The number of hydrogen-bond acceptors (Lipinski definition) is 2. The summed E-state index contributed by atoms with van der Waals surface area (Å²) in [5, 5.41) is 3.30. The molecule has 0 spiro atoms. The van der Waals surface area contributed by atoms with Gasteiger partial charge >= 0.3 is 0 Å². The van der Waals surface area contributed by atoms with E-state index in [1.807, 2.05) is 6.08 Å². The summed E-state index contributed by atoms with van der Waals surface area (Å²) in [6, 6.07) is 0. The van der Waals surface area contributed by atoms with Crippen molar-refractivity contribution in [2.24, 2.45) is 5.92 Å². The third kappa shape index (κ3) is 9.57. The molecule has 0 amide bonds. The van der Waals surface area contributed by atoms with Gasteiger partial charge in [0.25, 0.3) is 0 Å². The van der Waals surface area contributed by atoms with Crippen molar-refractivity contribution in [2.45, 2.75) is 26.7 Å². The lowest BCUT2D eigenvalue weighted by Gasteiger charge is -2.11. The van der Waals surface area contributed by atoms with E-state index in [1.165, 1.54) is 0 Å². The molecule has 1 unspecified atom stereocenters. The highest BCUT2D eigenvalue weighted by Gasteiger charge is 1.99. The Balaban J connectivity index is 3.07. The molecule has 2 nitrogen and oxygen atoms in total. The van der Waals surface area contributed by atoms with Gasteiger partial charge in [-0.1, -0.05) is 19.9 Å². The maximum atomic E-state index is 5.51. The van der Waals surface area contributed by atoms with Crippen LogP contribution in [0.25, 0.3) is 0 Å². The highest BCUT2D eigenvalue weighted by atomic mass is 16.5. The number of ether oxygens (including phenoxy) is 1. The quantitative estimate of drug-likeness (QED) is 0.439. The van der Waals surface area contributed by atoms with Crippen molar-refractivity contribution < 1.29 is 4.74 Å². The van der Waals surface area contributed by atoms with Gasteiger partial charge in [0.1, 0.15) is 0 Å². The van der Waals surface area contributed by atoms with E-state index in [9.17, 15) is 0 Å². The molecular weight excluding hydrogens is 162 g/mol. The van der Waals surface area contributed by atoms with Gasteiger partial charge in [0.05, 0.1) is 6.61 Å². The minimum atomic E-state index is 0.615. The van der Waals surface area contributed by atoms with Gasteiger partial charge < -0.3 is 10.1 Å². The summed E-state index contributed by atoms with van der Waals surface area (Å²) in [6.45, 7) is 11.8. The highest BCUT2D eigenvalue weighted by molar-refractivity contribution is 4.65. The fourth-order valence-electron chi connectivity index (χ4n) is 1.06. The van der Waals surface area contributed by atoms with Crippen LogP contribution >= 0.6 is 0 Å². The van der Waals surface area contributed by atoms with E-state index in [0.29, 0.717) is 5.92 Å². The monoisotopic (exact) mass is 185 g/mol. The second-order valence-corrected chi connectivity index (χ2v) is 3.42. The van der Waals surface area contributed by atoms with Crippen LogP contribution in [0.5, 0.6) is 0 Å². The lowest BCUT2D eigenvalue weighted by molar-refractivity contribution is 0.103. The van der Waals surface area contributed by atoms with Gasteiger partial charge in [0, 0.05) is 6.61 Å². The summed E-state index contributed by atoms with van der Waals surface area (Å²) in [7, 11) is 0. The molecule has 13 heavy (non-hydrogen) atoms. The Labute approximate surface area is 82.4 Å². The van der Waals surface area contributed by atoms with Crippen molar-refractivity contribution in [2.75, 3.05) is 26.3 Å². The van der Waals surface area contributed by atoms with Crippen LogP contribution in [-0.2, 0) is 4.74 Å². The fourth-order valence-corrected chi connectivity index (χ4v) is 1.06. The molecule has 0 bridgehead atoms. The molecule has 0 aliphatic heterocycles. The zero-order valence-corrected chi connectivity index (χ0v) is 9.01. The molecule has 0 fully saturated rings. The molecule has 1 N–H and O–H groups in total. The summed E-state index contributed by atoms with van der Waals surface area (Å²) in [4.78, 5) is 0. The molecule has 0 saturated carbocycles. The lowest BCUT2D eigenvalue weighted by Crippen LogP contribution is -2.23.